The molecule has 2 aliphatic rings. The van der Waals surface area contributed by atoms with Gasteiger partial charge in [0.05, 0.1) is 10.9 Å². The second kappa shape index (κ2) is 6.88. The van der Waals surface area contributed by atoms with E-state index in [4.69, 9.17) is 4.98 Å². The number of benzene rings is 1. The topological polar surface area (TPSA) is 56.7 Å². The summed E-state index contributed by atoms with van der Waals surface area (Å²) in [5.41, 5.74) is 1.63. The second-order valence-electron chi connectivity index (χ2n) is 8.04. The van der Waals surface area contributed by atoms with Gasteiger partial charge in [-0.25, -0.2) is 4.98 Å². The monoisotopic (exact) mass is 353 g/mol. The molecule has 4 rings (SSSR count). The van der Waals surface area contributed by atoms with Gasteiger partial charge in [0.15, 0.2) is 0 Å². The van der Waals surface area contributed by atoms with Crippen molar-refractivity contribution in [2.45, 2.75) is 39.2 Å². The Bertz CT molecular complexity index is 816. The Morgan fingerprint density at radius 3 is 2.69 bits per heavy atom. The molecule has 1 atom stereocenters. The van der Waals surface area contributed by atoms with Gasteiger partial charge in [-0.2, -0.15) is 0 Å². The van der Waals surface area contributed by atoms with Crippen LogP contribution in [0.1, 0.15) is 38.2 Å². The number of aromatic nitrogens is 1. The van der Waals surface area contributed by atoms with Crippen LogP contribution in [0, 0.1) is 5.41 Å². The lowest BCUT2D eigenvalue weighted by atomic mass is 9.90. The number of carboxylic acids is 1. The molecule has 5 heteroatoms. The Morgan fingerprint density at radius 2 is 1.96 bits per heavy atom. The molecular formula is C21H27N3O2. The minimum absolute atomic E-state index is 0.606. The number of carboxylic acid groups (broad SMARTS) is 1. The van der Waals surface area contributed by atoms with Crippen molar-refractivity contribution in [3.05, 3.63) is 35.9 Å². The van der Waals surface area contributed by atoms with E-state index in [2.05, 4.69) is 28.0 Å². The molecule has 2 aliphatic heterocycles. The Kier molecular flexibility index (Phi) is 4.57. The molecule has 0 spiro atoms. The summed E-state index contributed by atoms with van der Waals surface area (Å²) in [6.45, 7) is 6.19. The van der Waals surface area contributed by atoms with Crippen LogP contribution >= 0.6 is 0 Å². The van der Waals surface area contributed by atoms with Crippen LogP contribution in [0.2, 0.25) is 0 Å². The molecule has 1 aromatic heterocycles. The van der Waals surface area contributed by atoms with Crippen LogP contribution in [0.15, 0.2) is 30.3 Å². The number of rotatable bonds is 4. The van der Waals surface area contributed by atoms with Gasteiger partial charge in [-0.3, -0.25) is 9.69 Å². The van der Waals surface area contributed by atoms with E-state index in [1.807, 2.05) is 19.1 Å². The first-order valence-electron chi connectivity index (χ1n) is 9.65. The number of hydrogen-bond donors (Lipinski definition) is 1. The maximum atomic E-state index is 11.6. The minimum atomic E-state index is -0.687. The van der Waals surface area contributed by atoms with Crippen LogP contribution < -0.4 is 4.90 Å². The molecular weight excluding hydrogens is 326 g/mol. The summed E-state index contributed by atoms with van der Waals surface area (Å²) in [7, 11) is 0. The number of piperidine rings is 1. The van der Waals surface area contributed by atoms with Crippen LogP contribution in [-0.4, -0.2) is 47.1 Å². The molecule has 0 amide bonds. The molecule has 0 bridgehead atoms. The number of hydrogen-bond acceptors (Lipinski definition) is 4. The predicted octanol–water partition coefficient (Wildman–Crippen LogP) is 3.52. The number of fused-ring (bicyclic) bond motifs is 1. The van der Waals surface area contributed by atoms with Gasteiger partial charge in [0.25, 0.3) is 0 Å². The first-order chi connectivity index (χ1) is 12.5. The van der Waals surface area contributed by atoms with Crippen molar-refractivity contribution in [1.82, 2.24) is 9.88 Å². The smallest absolute Gasteiger partial charge is 0.310 e. The van der Waals surface area contributed by atoms with Crippen LogP contribution in [0.3, 0.4) is 0 Å². The normalized spacial score (nSPS) is 24.3. The highest BCUT2D eigenvalue weighted by atomic mass is 16.4. The summed E-state index contributed by atoms with van der Waals surface area (Å²) >= 11 is 0. The van der Waals surface area contributed by atoms with Crippen molar-refractivity contribution in [3.8, 4) is 0 Å². The molecule has 5 nitrogen and oxygen atoms in total. The third kappa shape index (κ3) is 3.28. The zero-order valence-corrected chi connectivity index (χ0v) is 15.4. The van der Waals surface area contributed by atoms with Gasteiger partial charge in [-0.15, -0.1) is 0 Å². The highest BCUT2D eigenvalue weighted by Gasteiger charge is 2.40. The van der Waals surface area contributed by atoms with Crippen molar-refractivity contribution in [2.24, 2.45) is 5.41 Å². The van der Waals surface area contributed by atoms with Gasteiger partial charge in [-0.1, -0.05) is 18.2 Å². The Morgan fingerprint density at radius 1 is 1.19 bits per heavy atom. The zero-order chi connectivity index (χ0) is 18.1. The number of anilines is 1. The lowest BCUT2D eigenvalue weighted by Gasteiger charge is -2.31. The zero-order valence-electron chi connectivity index (χ0n) is 15.4. The molecule has 3 heterocycles. The molecule has 2 aromatic rings. The summed E-state index contributed by atoms with van der Waals surface area (Å²) in [5.74, 6) is 0.403. The number of pyridine rings is 1. The van der Waals surface area contributed by atoms with E-state index in [1.165, 1.54) is 24.8 Å². The fourth-order valence-corrected chi connectivity index (χ4v) is 4.25. The van der Waals surface area contributed by atoms with E-state index in [1.54, 1.807) is 0 Å². The fraction of sp³-hybridized carbons (Fsp3) is 0.524. The fourth-order valence-electron chi connectivity index (χ4n) is 4.25. The standard InChI is InChI=1S/C21H27N3O2/c1-21(20(25)26)9-12-23(15-21)14-17-13-16-7-3-4-8-18(16)22-19(17)24-10-5-2-6-11-24/h3-4,7-8,13H,2,5-6,9-12,14-15H2,1H3,(H,25,26). The van der Waals surface area contributed by atoms with Gasteiger partial charge in [0.2, 0.25) is 0 Å². The average molecular weight is 353 g/mol. The second-order valence-corrected chi connectivity index (χ2v) is 8.04. The predicted molar refractivity (Wildman–Crippen MR) is 103 cm³/mol. The molecule has 1 N–H and O–H groups in total. The Labute approximate surface area is 154 Å². The Balaban J connectivity index is 1.65. The third-order valence-corrected chi connectivity index (χ3v) is 5.90. The number of aliphatic carboxylic acids is 1. The summed E-state index contributed by atoms with van der Waals surface area (Å²) in [4.78, 5) is 21.2. The van der Waals surface area contributed by atoms with Crippen LogP contribution in [0.4, 0.5) is 5.82 Å². The van der Waals surface area contributed by atoms with Gasteiger partial charge in [0.1, 0.15) is 5.82 Å². The molecule has 0 saturated carbocycles. The summed E-state index contributed by atoms with van der Waals surface area (Å²) in [6, 6.07) is 10.5. The SMILES string of the molecule is CC1(C(=O)O)CCN(Cc2cc3ccccc3nc2N2CCCCC2)C1. The Hall–Kier alpha value is -2.14. The molecule has 138 valence electrons. The lowest BCUT2D eigenvalue weighted by molar-refractivity contribution is -0.147. The van der Waals surface area contributed by atoms with Crippen molar-refractivity contribution >= 4 is 22.7 Å². The lowest BCUT2D eigenvalue weighted by Crippen LogP contribution is -2.33. The third-order valence-electron chi connectivity index (χ3n) is 5.90. The van der Waals surface area contributed by atoms with Gasteiger partial charge >= 0.3 is 5.97 Å². The first kappa shape index (κ1) is 17.3. The van der Waals surface area contributed by atoms with E-state index < -0.39 is 11.4 Å². The number of carbonyl (C=O) groups is 1. The molecule has 2 fully saturated rings. The van der Waals surface area contributed by atoms with Gasteiger partial charge in [0, 0.05) is 37.1 Å². The quantitative estimate of drug-likeness (QED) is 0.911. The summed E-state index contributed by atoms with van der Waals surface area (Å²) in [6.07, 6.45) is 4.44. The van der Waals surface area contributed by atoms with Crippen LogP contribution in [0.5, 0.6) is 0 Å². The van der Waals surface area contributed by atoms with E-state index >= 15 is 0 Å². The summed E-state index contributed by atoms with van der Waals surface area (Å²) < 4.78 is 0. The van der Waals surface area contributed by atoms with Crippen molar-refractivity contribution in [2.75, 3.05) is 31.1 Å². The van der Waals surface area contributed by atoms with Crippen LogP contribution in [-0.2, 0) is 11.3 Å². The van der Waals surface area contributed by atoms with Crippen molar-refractivity contribution < 1.29 is 9.90 Å². The highest BCUT2D eigenvalue weighted by Crippen LogP contribution is 2.33. The molecule has 0 radical (unpaired) electrons. The molecule has 0 aliphatic carbocycles. The van der Waals surface area contributed by atoms with Crippen molar-refractivity contribution in [3.63, 3.8) is 0 Å². The molecule has 1 aromatic carbocycles. The molecule has 2 saturated heterocycles. The maximum absolute atomic E-state index is 11.6. The molecule has 1 unspecified atom stereocenters. The maximum Gasteiger partial charge on any atom is 0.310 e. The number of nitrogens with zero attached hydrogens (tertiary/aromatic N) is 3. The molecule has 26 heavy (non-hydrogen) atoms. The first-order valence-corrected chi connectivity index (χ1v) is 9.65. The average Bonchev–Trinajstić information content (AvgIpc) is 3.04. The van der Waals surface area contributed by atoms with Crippen LogP contribution in [0.25, 0.3) is 10.9 Å². The number of para-hydroxylation sites is 1. The van der Waals surface area contributed by atoms with E-state index in [0.717, 1.165) is 42.9 Å². The van der Waals surface area contributed by atoms with Crippen molar-refractivity contribution in [1.29, 1.82) is 0 Å². The number of likely N-dealkylation sites (tertiary alicyclic amines) is 1. The highest BCUT2D eigenvalue weighted by molar-refractivity contribution is 5.82. The summed E-state index contributed by atoms with van der Waals surface area (Å²) in [5, 5.41) is 10.7. The van der Waals surface area contributed by atoms with E-state index in [0.29, 0.717) is 13.0 Å². The van der Waals surface area contributed by atoms with E-state index in [9.17, 15) is 9.90 Å². The largest absolute Gasteiger partial charge is 0.481 e. The van der Waals surface area contributed by atoms with E-state index in [-0.39, 0.29) is 0 Å². The van der Waals surface area contributed by atoms with Gasteiger partial charge < -0.3 is 10.0 Å². The minimum Gasteiger partial charge on any atom is -0.481 e. The van der Waals surface area contributed by atoms with Gasteiger partial charge in [-0.05, 0) is 51.3 Å².